The number of quaternary nitrogens is 1. The molecular weight excluding hydrogens is 330 g/mol. The predicted molar refractivity (Wildman–Crippen MR) is 103 cm³/mol. The van der Waals surface area contributed by atoms with Crippen LogP contribution < -0.4 is 10.7 Å². The fraction of sp³-hybridized carbons (Fsp3) is 0.579. The third-order valence-electron chi connectivity index (χ3n) is 5.83. The molecule has 0 saturated carbocycles. The summed E-state index contributed by atoms with van der Waals surface area (Å²) in [5.41, 5.74) is 2.26. The van der Waals surface area contributed by atoms with Gasteiger partial charge in [-0.1, -0.05) is 12.1 Å². The maximum Gasteiger partial charge on any atom is 0.359 e. The first kappa shape index (κ1) is 18.7. The fourth-order valence-corrected chi connectivity index (χ4v) is 4.23. The maximum absolute atomic E-state index is 11.0. The summed E-state index contributed by atoms with van der Waals surface area (Å²) in [6.45, 7) is 6.36. The average Bonchev–Trinajstić information content (AvgIpc) is 2.63. The highest BCUT2D eigenvalue weighted by Crippen LogP contribution is 2.24. The quantitative estimate of drug-likeness (QED) is 0.351. The van der Waals surface area contributed by atoms with Crippen molar-refractivity contribution in [3.05, 3.63) is 29.8 Å². The van der Waals surface area contributed by atoms with Gasteiger partial charge in [0, 0.05) is 50.7 Å². The van der Waals surface area contributed by atoms with Crippen molar-refractivity contribution in [1.29, 1.82) is 0 Å². The minimum atomic E-state index is -0.691. The van der Waals surface area contributed by atoms with E-state index in [1.54, 1.807) is 6.21 Å². The van der Waals surface area contributed by atoms with Crippen LogP contribution in [0, 0.1) is 0 Å². The minimum absolute atomic E-state index is 0.241. The van der Waals surface area contributed by atoms with Crippen LogP contribution in [0.5, 0.6) is 0 Å². The van der Waals surface area contributed by atoms with Gasteiger partial charge in [-0.05, 0) is 17.7 Å². The van der Waals surface area contributed by atoms with E-state index in [0.717, 1.165) is 57.7 Å². The molecule has 26 heavy (non-hydrogen) atoms. The highest BCUT2D eigenvalue weighted by Gasteiger charge is 2.35. The first-order valence-corrected chi connectivity index (χ1v) is 9.37. The Kier molecular flexibility index (Phi) is 5.78. The largest absolute Gasteiger partial charge is 0.477 e. The smallest absolute Gasteiger partial charge is 0.359 e. The van der Waals surface area contributed by atoms with Gasteiger partial charge in [0.15, 0.2) is 6.54 Å². The van der Waals surface area contributed by atoms with E-state index in [1.165, 1.54) is 5.69 Å². The Labute approximate surface area is 155 Å². The first-order chi connectivity index (χ1) is 12.5. The molecule has 0 spiro atoms. The van der Waals surface area contributed by atoms with Gasteiger partial charge in [-0.25, -0.2) is 4.79 Å². The zero-order valence-corrected chi connectivity index (χ0v) is 15.5. The number of likely N-dealkylation sites (tertiary alicyclic amines) is 1. The second-order valence-corrected chi connectivity index (χ2v) is 7.74. The lowest BCUT2D eigenvalue weighted by molar-refractivity contribution is -0.907. The topological polar surface area (TPSA) is 82.2 Å². The molecule has 1 aromatic carbocycles. The van der Waals surface area contributed by atoms with Gasteiger partial charge >= 0.3 is 5.97 Å². The summed E-state index contributed by atoms with van der Waals surface area (Å²) in [5.74, 6) is 4.50. The SMILES string of the molecule is C[N+]1(CC(=O)O)CCC(N2CCN(c3ccc(/C=N\N)cc3)CC2)CC1. The number of likely N-dealkylation sites (N-methyl/N-ethyl adjacent to an activating group) is 1. The van der Waals surface area contributed by atoms with Gasteiger partial charge in [0.2, 0.25) is 0 Å². The Balaban J connectivity index is 1.49. The first-order valence-electron chi connectivity index (χ1n) is 9.37. The number of aliphatic carboxylic acids is 1. The van der Waals surface area contributed by atoms with E-state index < -0.39 is 5.97 Å². The third kappa shape index (κ3) is 4.53. The van der Waals surface area contributed by atoms with Gasteiger partial charge in [0.1, 0.15) is 0 Å². The van der Waals surface area contributed by atoms with Crippen LogP contribution in [0.3, 0.4) is 0 Å². The van der Waals surface area contributed by atoms with Crippen molar-refractivity contribution in [2.24, 2.45) is 10.9 Å². The van der Waals surface area contributed by atoms with Crippen LogP contribution in [0.4, 0.5) is 5.69 Å². The summed E-state index contributed by atoms with van der Waals surface area (Å²) in [6.07, 6.45) is 3.84. The summed E-state index contributed by atoms with van der Waals surface area (Å²) >= 11 is 0. The lowest BCUT2D eigenvalue weighted by Gasteiger charge is -2.45. The number of nitrogens with zero attached hydrogens (tertiary/aromatic N) is 4. The van der Waals surface area contributed by atoms with Crippen LogP contribution in [0.25, 0.3) is 0 Å². The molecular formula is C19H30N5O2+. The van der Waals surface area contributed by atoms with Crippen LogP contribution in [0.1, 0.15) is 18.4 Å². The number of hydrazone groups is 1. The molecule has 2 fully saturated rings. The van der Waals surface area contributed by atoms with Gasteiger partial charge in [0.25, 0.3) is 0 Å². The van der Waals surface area contributed by atoms with Crippen molar-refractivity contribution in [3.8, 4) is 0 Å². The molecule has 7 nitrogen and oxygen atoms in total. The number of piperidine rings is 1. The number of carbonyl (C=O) groups is 1. The van der Waals surface area contributed by atoms with E-state index in [9.17, 15) is 4.79 Å². The maximum atomic E-state index is 11.0. The highest BCUT2D eigenvalue weighted by atomic mass is 16.4. The molecule has 0 aromatic heterocycles. The monoisotopic (exact) mass is 360 g/mol. The molecule has 3 rings (SSSR count). The van der Waals surface area contributed by atoms with E-state index >= 15 is 0 Å². The lowest BCUT2D eigenvalue weighted by atomic mass is 10.00. The molecule has 7 heteroatoms. The number of carboxylic acids is 1. The molecule has 0 radical (unpaired) electrons. The summed E-state index contributed by atoms with van der Waals surface area (Å²) in [5, 5.41) is 12.6. The Bertz CT molecular complexity index is 630. The van der Waals surface area contributed by atoms with Gasteiger partial charge < -0.3 is 20.3 Å². The Morgan fingerprint density at radius 2 is 1.85 bits per heavy atom. The number of piperazine rings is 1. The Morgan fingerprint density at radius 3 is 2.38 bits per heavy atom. The van der Waals surface area contributed by atoms with E-state index in [2.05, 4.69) is 34.1 Å². The number of anilines is 1. The summed E-state index contributed by atoms with van der Waals surface area (Å²) in [7, 11) is 2.07. The van der Waals surface area contributed by atoms with Crippen LogP contribution in [-0.4, -0.2) is 85.6 Å². The lowest BCUT2D eigenvalue weighted by Crippen LogP contribution is -2.58. The molecule has 0 unspecified atom stereocenters. The van der Waals surface area contributed by atoms with Gasteiger partial charge in [0.05, 0.1) is 26.4 Å². The number of benzene rings is 1. The Hall–Kier alpha value is -2.12. The molecule has 2 heterocycles. The number of nitrogens with two attached hydrogens (primary N) is 1. The molecule has 2 saturated heterocycles. The number of hydrogen-bond acceptors (Lipinski definition) is 5. The second-order valence-electron chi connectivity index (χ2n) is 7.74. The molecule has 0 amide bonds. The number of hydrogen-bond donors (Lipinski definition) is 2. The predicted octanol–water partition coefficient (Wildman–Crippen LogP) is 0.795. The van der Waals surface area contributed by atoms with Gasteiger partial charge in [-0.15, -0.1) is 0 Å². The van der Waals surface area contributed by atoms with Gasteiger partial charge in [-0.3, -0.25) is 4.90 Å². The summed E-state index contributed by atoms with van der Waals surface area (Å²) in [4.78, 5) is 16.1. The molecule has 1 aromatic rings. The number of carboxylic acid groups (broad SMARTS) is 1. The van der Waals surface area contributed by atoms with Crippen molar-refractivity contribution in [3.63, 3.8) is 0 Å². The summed E-state index contributed by atoms with van der Waals surface area (Å²) < 4.78 is 0.671. The zero-order valence-electron chi connectivity index (χ0n) is 15.5. The molecule has 2 aliphatic heterocycles. The van der Waals surface area contributed by atoms with Gasteiger partial charge in [-0.2, -0.15) is 5.10 Å². The standard InChI is InChI=1S/C19H29N5O2/c1-24(15-19(25)26)12-6-18(7-13-24)23-10-8-22(9-11-23)17-4-2-16(3-5-17)14-21-20/h2-5,14,18H,6-13,15,20H2,1H3/p+1/b21-14-. The van der Waals surface area contributed by atoms with Crippen molar-refractivity contribution in [2.75, 3.05) is 57.8 Å². The van der Waals surface area contributed by atoms with Crippen molar-refractivity contribution < 1.29 is 14.4 Å². The van der Waals surface area contributed by atoms with Crippen molar-refractivity contribution >= 4 is 17.9 Å². The minimum Gasteiger partial charge on any atom is -0.477 e. The van der Waals surface area contributed by atoms with E-state index in [4.69, 9.17) is 10.9 Å². The highest BCUT2D eigenvalue weighted by molar-refractivity contribution is 5.80. The fourth-order valence-electron chi connectivity index (χ4n) is 4.23. The molecule has 3 N–H and O–H groups in total. The molecule has 0 bridgehead atoms. The normalized spacial score (nSPS) is 27.7. The van der Waals surface area contributed by atoms with Crippen LogP contribution >= 0.6 is 0 Å². The van der Waals surface area contributed by atoms with Crippen LogP contribution in [-0.2, 0) is 4.79 Å². The molecule has 0 atom stereocenters. The molecule has 0 aliphatic carbocycles. The number of rotatable bonds is 5. The average molecular weight is 360 g/mol. The summed E-state index contributed by atoms with van der Waals surface area (Å²) in [6, 6.07) is 8.94. The molecule has 142 valence electrons. The van der Waals surface area contributed by atoms with Crippen molar-refractivity contribution in [1.82, 2.24) is 4.90 Å². The van der Waals surface area contributed by atoms with Crippen LogP contribution in [0.2, 0.25) is 0 Å². The van der Waals surface area contributed by atoms with Crippen molar-refractivity contribution in [2.45, 2.75) is 18.9 Å². The third-order valence-corrected chi connectivity index (χ3v) is 5.83. The van der Waals surface area contributed by atoms with E-state index in [1.807, 2.05) is 12.1 Å². The Morgan fingerprint density at radius 1 is 1.23 bits per heavy atom. The molecule has 2 aliphatic rings. The van der Waals surface area contributed by atoms with E-state index in [-0.39, 0.29) is 6.54 Å². The van der Waals surface area contributed by atoms with E-state index in [0.29, 0.717) is 10.5 Å². The second kappa shape index (κ2) is 8.05. The van der Waals surface area contributed by atoms with Crippen LogP contribution in [0.15, 0.2) is 29.4 Å². The zero-order chi connectivity index (χ0) is 18.6.